The van der Waals surface area contributed by atoms with Crippen LogP contribution in [0, 0.1) is 0 Å². The van der Waals surface area contributed by atoms with Crippen molar-refractivity contribution in [3.8, 4) is 0 Å². The van der Waals surface area contributed by atoms with Gasteiger partial charge in [-0.25, -0.2) is 0 Å². The van der Waals surface area contributed by atoms with Gasteiger partial charge in [-0.2, -0.15) is 16.3 Å². The molecule has 0 bridgehead atoms. The number of fused-ring (bicyclic) bond motifs is 1. The van der Waals surface area contributed by atoms with Crippen LogP contribution in [-0.2, 0) is 6.54 Å². The van der Waals surface area contributed by atoms with Gasteiger partial charge in [0.1, 0.15) is 5.52 Å². The molecule has 2 heterocycles. The number of oxazole rings is 1. The van der Waals surface area contributed by atoms with Crippen LogP contribution in [0.2, 0.25) is 0 Å². The Morgan fingerprint density at radius 2 is 2.28 bits per heavy atom. The Morgan fingerprint density at radius 1 is 1.39 bits per heavy atom. The number of hydrogen-bond donors (Lipinski definition) is 1. The number of hydrogen-bond acceptors (Lipinski definition) is 5. The average molecular weight is 259 g/mol. The molecule has 0 amide bonds. The van der Waals surface area contributed by atoms with Crippen molar-refractivity contribution in [2.24, 2.45) is 0 Å². The molecule has 3 aromatic rings. The third-order valence-corrected chi connectivity index (χ3v) is 3.50. The lowest BCUT2D eigenvalue weighted by Crippen LogP contribution is -2.16. The zero-order valence-electron chi connectivity index (χ0n) is 9.96. The zero-order valence-corrected chi connectivity index (χ0v) is 10.8. The molecule has 0 radical (unpaired) electrons. The second-order valence-corrected chi connectivity index (χ2v) is 4.96. The lowest BCUT2D eigenvalue weighted by molar-refractivity contribution is 0.582. The molecule has 0 saturated carbocycles. The molecule has 1 aromatic carbocycles. The predicted octanol–water partition coefficient (Wildman–Crippen LogP) is 3.11. The molecule has 0 aliphatic heterocycles. The van der Waals surface area contributed by atoms with E-state index in [2.05, 4.69) is 21.8 Å². The number of aromatic nitrogens is 1. The number of para-hydroxylation sites is 1. The SMILES string of the molecule is CN(Cc1ccsc1)c1nc2c(N)cccc2o1. The number of nitrogens with two attached hydrogens (primary N) is 1. The first-order valence-electron chi connectivity index (χ1n) is 5.61. The van der Waals surface area contributed by atoms with Gasteiger partial charge in [0.2, 0.25) is 0 Å². The Kier molecular flexibility index (Phi) is 2.68. The smallest absolute Gasteiger partial charge is 0.298 e. The second kappa shape index (κ2) is 4.34. The van der Waals surface area contributed by atoms with Gasteiger partial charge in [-0.1, -0.05) is 6.07 Å². The van der Waals surface area contributed by atoms with E-state index in [1.807, 2.05) is 30.1 Å². The van der Waals surface area contributed by atoms with E-state index in [9.17, 15) is 0 Å². The third kappa shape index (κ3) is 1.93. The van der Waals surface area contributed by atoms with Gasteiger partial charge in [0.05, 0.1) is 5.69 Å². The fraction of sp³-hybridized carbons (Fsp3) is 0.154. The normalized spacial score (nSPS) is 10.9. The van der Waals surface area contributed by atoms with E-state index in [1.54, 1.807) is 11.3 Å². The van der Waals surface area contributed by atoms with Crippen molar-refractivity contribution in [3.05, 3.63) is 40.6 Å². The van der Waals surface area contributed by atoms with Crippen LogP contribution in [0.4, 0.5) is 11.7 Å². The number of benzene rings is 1. The molecule has 4 nitrogen and oxygen atoms in total. The first-order chi connectivity index (χ1) is 8.74. The molecule has 0 fully saturated rings. The summed E-state index contributed by atoms with van der Waals surface area (Å²) in [5, 5.41) is 4.18. The molecule has 2 aromatic heterocycles. The summed E-state index contributed by atoms with van der Waals surface area (Å²) >= 11 is 1.69. The van der Waals surface area contributed by atoms with E-state index in [1.165, 1.54) is 5.56 Å². The van der Waals surface area contributed by atoms with Crippen molar-refractivity contribution in [3.63, 3.8) is 0 Å². The highest BCUT2D eigenvalue weighted by Gasteiger charge is 2.12. The Labute approximate surface area is 109 Å². The lowest BCUT2D eigenvalue weighted by atomic mass is 10.3. The summed E-state index contributed by atoms with van der Waals surface area (Å²) in [5.74, 6) is 0. The Hall–Kier alpha value is -2.01. The minimum Gasteiger partial charge on any atom is -0.423 e. The summed E-state index contributed by atoms with van der Waals surface area (Å²) in [7, 11) is 1.96. The van der Waals surface area contributed by atoms with Crippen molar-refractivity contribution in [1.82, 2.24) is 4.98 Å². The van der Waals surface area contributed by atoms with E-state index < -0.39 is 0 Å². The van der Waals surface area contributed by atoms with E-state index in [4.69, 9.17) is 10.2 Å². The number of rotatable bonds is 3. The highest BCUT2D eigenvalue weighted by molar-refractivity contribution is 7.07. The lowest BCUT2D eigenvalue weighted by Gasteiger charge is -2.12. The molecular formula is C13H13N3OS. The molecule has 5 heteroatoms. The van der Waals surface area contributed by atoms with Gasteiger partial charge in [0.25, 0.3) is 6.01 Å². The average Bonchev–Trinajstić information content (AvgIpc) is 2.97. The van der Waals surface area contributed by atoms with Gasteiger partial charge in [-0.3, -0.25) is 0 Å². The van der Waals surface area contributed by atoms with E-state index in [-0.39, 0.29) is 0 Å². The first-order valence-corrected chi connectivity index (χ1v) is 6.55. The quantitative estimate of drug-likeness (QED) is 0.734. The molecule has 92 valence electrons. The van der Waals surface area contributed by atoms with Gasteiger partial charge in [-0.05, 0) is 34.5 Å². The fourth-order valence-electron chi connectivity index (χ4n) is 1.85. The molecule has 2 N–H and O–H groups in total. The molecule has 0 unspecified atom stereocenters. The third-order valence-electron chi connectivity index (χ3n) is 2.77. The topological polar surface area (TPSA) is 55.3 Å². The maximum Gasteiger partial charge on any atom is 0.298 e. The Bertz CT molecular complexity index is 660. The Morgan fingerprint density at radius 3 is 3.00 bits per heavy atom. The maximum atomic E-state index is 5.87. The van der Waals surface area contributed by atoms with Gasteiger partial charge in [0.15, 0.2) is 5.58 Å². The van der Waals surface area contributed by atoms with Gasteiger partial charge in [-0.15, -0.1) is 0 Å². The standard InChI is InChI=1S/C13H13N3OS/c1-16(7-9-5-6-18-8-9)13-15-12-10(14)3-2-4-11(12)17-13/h2-6,8H,7,14H2,1H3. The van der Waals surface area contributed by atoms with E-state index in [0.717, 1.165) is 17.6 Å². The van der Waals surface area contributed by atoms with Crippen molar-refractivity contribution in [2.45, 2.75) is 6.54 Å². The van der Waals surface area contributed by atoms with Gasteiger partial charge in [0, 0.05) is 13.6 Å². The van der Waals surface area contributed by atoms with Crippen LogP contribution in [0.5, 0.6) is 0 Å². The second-order valence-electron chi connectivity index (χ2n) is 4.18. The number of nitrogens with zero attached hydrogens (tertiary/aromatic N) is 2. The zero-order chi connectivity index (χ0) is 12.5. The number of thiophene rings is 1. The molecule has 0 aliphatic rings. The van der Waals surface area contributed by atoms with Crippen LogP contribution in [0.3, 0.4) is 0 Å². The van der Waals surface area contributed by atoms with Crippen molar-refractivity contribution in [2.75, 3.05) is 17.7 Å². The number of nitrogen functional groups attached to an aromatic ring is 1. The van der Waals surface area contributed by atoms with Crippen LogP contribution in [0.25, 0.3) is 11.1 Å². The summed E-state index contributed by atoms with van der Waals surface area (Å²) in [6, 6.07) is 8.26. The summed E-state index contributed by atoms with van der Waals surface area (Å²) < 4.78 is 5.70. The van der Waals surface area contributed by atoms with Crippen molar-refractivity contribution in [1.29, 1.82) is 0 Å². The van der Waals surface area contributed by atoms with Crippen LogP contribution in [-0.4, -0.2) is 12.0 Å². The minimum atomic E-state index is 0.592. The molecular weight excluding hydrogens is 246 g/mol. The fourth-order valence-corrected chi connectivity index (χ4v) is 2.51. The summed E-state index contributed by atoms with van der Waals surface area (Å²) in [6.07, 6.45) is 0. The Balaban J connectivity index is 1.92. The highest BCUT2D eigenvalue weighted by atomic mass is 32.1. The summed E-state index contributed by atoms with van der Waals surface area (Å²) in [4.78, 5) is 6.40. The van der Waals surface area contributed by atoms with E-state index >= 15 is 0 Å². The minimum absolute atomic E-state index is 0.592. The maximum absolute atomic E-state index is 5.87. The molecule has 0 atom stereocenters. The first kappa shape index (κ1) is 11.1. The van der Waals surface area contributed by atoms with Gasteiger partial charge >= 0.3 is 0 Å². The molecule has 0 saturated heterocycles. The predicted molar refractivity (Wildman–Crippen MR) is 74.8 cm³/mol. The monoisotopic (exact) mass is 259 g/mol. The van der Waals surface area contributed by atoms with Crippen LogP contribution in [0.1, 0.15) is 5.56 Å². The van der Waals surface area contributed by atoms with Crippen molar-refractivity contribution >= 4 is 34.1 Å². The summed E-state index contributed by atoms with van der Waals surface area (Å²) in [5.41, 5.74) is 9.21. The van der Waals surface area contributed by atoms with Crippen LogP contribution < -0.4 is 10.6 Å². The molecule has 3 rings (SSSR count). The van der Waals surface area contributed by atoms with Crippen molar-refractivity contribution < 1.29 is 4.42 Å². The van der Waals surface area contributed by atoms with Crippen LogP contribution in [0.15, 0.2) is 39.4 Å². The largest absolute Gasteiger partial charge is 0.423 e. The van der Waals surface area contributed by atoms with Crippen LogP contribution >= 0.6 is 11.3 Å². The molecule has 0 spiro atoms. The number of anilines is 2. The summed E-state index contributed by atoms with van der Waals surface area (Å²) in [6.45, 7) is 0.774. The van der Waals surface area contributed by atoms with E-state index in [0.29, 0.717) is 11.7 Å². The molecule has 18 heavy (non-hydrogen) atoms. The highest BCUT2D eigenvalue weighted by Crippen LogP contribution is 2.26. The van der Waals surface area contributed by atoms with Gasteiger partial charge < -0.3 is 15.1 Å². The molecule has 0 aliphatic carbocycles.